The van der Waals surface area contributed by atoms with Crippen LogP contribution in [0.3, 0.4) is 0 Å². The van der Waals surface area contributed by atoms with Crippen LogP contribution in [0.2, 0.25) is 0 Å². The number of sulfone groups is 1. The summed E-state index contributed by atoms with van der Waals surface area (Å²) in [5.41, 5.74) is 1.20. The SMILES string of the molecule is CC(C)S(=O)(=O)c1ncc(CN2CCOCC2)n1Cc1ccccc1F. The normalized spacial score (nSPS) is 16.3. The van der Waals surface area contributed by atoms with E-state index in [1.807, 2.05) is 0 Å². The van der Waals surface area contributed by atoms with Gasteiger partial charge in [-0.15, -0.1) is 0 Å². The monoisotopic (exact) mass is 381 g/mol. The third kappa shape index (κ3) is 3.97. The van der Waals surface area contributed by atoms with Crippen LogP contribution in [0, 0.1) is 5.82 Å². The average molecular weight is 381 g/mol. The first-order valence-corrected chi connectivity index (χ1v) is 10.3. The predicted molar refractivity (Wildman–Crippen MR) is 96.1 cm³/mol. The topological polar surface area (TPSA) is 64.4 Å². The van der Waals surface area contributed by atoms with E-state index in [1.165, 1.54) is 6.07 Å². The van der Waals surface area contributed by atoms with Gasteiger partial charge in [0.05, 0.1) is 36.9 Å². The van der Waals surface area contributed by atoms with Crippen molar-refractivity contribution in [3.8, 4) is 0 Å². The van der Waals surface area contributed by atoms with E-state index in [1.54, 1.807) is 42.8 Å². The summed E-state index contributed by atoms with van der Waals surface area (Å²) in [6.07, 6.45) is 1.59. The van der Waals surface area contributed by atoms with Gasteiger partial charge in [-0.2, -0.15) is 0 Å². The van der Waals surface area contributed by atoms with Crippen molar-refractivity contribution >= 4 is 9.84 Å². The van der Waals surface area contributed by atoms with Gasteiger partial charge in [-0.1, -0.05) is 18.2 Å². The van der Waals surface area contributed by atoms with Gasteiger partial charge < -0.3 is 9.30 Å². The van der Waals surface area contributed by atoms with Crippen molar-refractivity contribution in [2.45, 2.75) is 37.3 Å². The summed E-state index contributed by atoms with van der Waals surface area (Å²) < 4.78 is 46.6. The minimum Gasteiger partial charge on any atom is -0.379 e. The van der Waals surface area contributed by atoms with Crippen LogP contribution in [-0.4, -0.2) is 54.4 Å². The van der Waals surface area contributed by atoms with Crippen molar-refractivity contribution in [3.63, 3.8) is 0 Å². The van der Waals surface area contributed by atoms with E-state index in [9.17, 15) is 12.8 Å². The number of halogens is 1. The van der Waals surface area contributed by atoms with Crippen LogP contribution in [0.1, 0.15) is 25.1 Å². The van der Waals surface area contributed by atoms with E-state index < -0.39 is 15.1 Å². The van der Waals surface area contributed by atoms with Crippen LogP contribution < -0.4 is 0 Å². The Morgan fingerprint density at radius 1 is 1.19 bits per heavy atom. The number of ether oxygens (including phenoxy) is 1. The van der Waals surface area contributed by atoms with Crippen molar-refractivity contribution < 1.29 is 17.5 Å². The van der Waals surface area contributed by atoms with Gasteiger partial charge in [0.2, 0.25) is 15.0 Å². The van der Waals surface area contributed by atoms with Crippen molar-refractivity contribution in [3.05, 3.63) is 47.5 Å². The summed E-state index contributed by atoms with van der Waals surface area (Å²) in [6, 6.07) is 6.41. The summed E-state index contributed by atoms with van der Waals surface area (Å²) in [7, 11) is -3.57. The number of nitrogens with zero attached hydrogens (tertiary/aromatic N) is 3. The molecule has 0 unspecified atom stereocenters. The van der Waals surface area contributed by atoms with Gasteiger partial charge >= 0.3 is 0 Å². The van der Waals surface area contributed by atoms with E-state index in [0.717, 1.165) is 18.8 Å². The molecule has 1 aliphatic heterocycles. The Labute approximate surface area is 153 Å². The van der Waals surface area contributed by atoms with Crippen molar-refractivity contribution in [1.82, 2.24) is 14.5 Å². The molecular weight excluding hydrogens is 357 g/mol. The quantitative estimate of drug-likeness (QED) is 0.767. The van der Waals surface area contributed by atoms with Crippen LogP contribution in [0.15, 0.2) is 35.6 Å². The number of benzene rings is 1. The van der Waals surface area contributed by atoms with Gasteiger partial charge in [0, 0.05) is 25.2 Å². The molecule has 26 heavy (non-hydrogen) atoms. The van der Waals surface area contributed by atoms with E-state index in [-0.39, 0.29) is 17.5 Å². The lowest BCUT2D eigenvalue weighted by molar-refractivity contribution is 0.0331. The molecule has 2 heterocycles. The first kappa shape index (κ1) is 19.0. The largest absolute Gasteiger partial charge is 0.379 e. The Morgan fingerprint density at radius 3 is 2.54 bits per heavy atom. The van der Waals surface area contributed by atoms with Crippen molar-refractivity contribution in [2.75, 3.05) is 26.3 Å². The second-order valence-corrected chi connectivity index (χ2v) is 9.09. The number of rotatable bonds is 6. The maximum atomic E-state index is 14.1. The molecule has 0 atom stereocenters. The number of hydrogen-bond acceptors (Lipinski definition) is 5. The molecular formula is C18H24FN3O3S. The lowest BCUT2D eigenvalue weighted by atomic mass is 10.2. The first-order chi connectivity index (χ1) is 12.4. The average Bonchev–Trinajstić information content (AvgIpc) is 3.01. The summed E-state index contributed by atoms with van der Waals surface area (Å²) in [4.78, 5) is 6.38. The Balaban J connectivity index is 1.99. The van der Waals surface area contributed by atoms with Gasteiger partial charge in [0.1, 0.15) is 5.82 Å². The molecule has 0 N–H and O–H groups in total. The molecule has 1 aliphatic rings. The molecule has 0 radical (unpaired) electrons. The fourth-order valence-electron chi connectivity index (χ4n) is 2.91. The van der Waals surface area contributed by atoms with E-state index in [0.29, 0.717) is 25.3 Å². The van der Waals surface area contributed by atoms with Crippen LogP contribution in [0.5, 0.6) is 0 Å². The molecule has 2 aromatic rings. The molecule has 0 aliphatic carbocycles. The van der Waals surface area contributed by atoms with Gasteiger partial charge in [-0.3, -0.25) is 4.90 Å². The zero-order valence-electron chi connectivity index (χ0n) is 15.1. The Bertz CT molecular complexity index is 858. The summed E-state index contributed by atoms with van der Waals surface area (Å²) in [5, 5.41) is -0.598. The molecule has 1 saturated heterocycles. The molecule has 3 rings (SSSR count). The summed E-state index contributed by atoms with van der Waals surface area (Å²) in [6.45, 7) is 6.79. The Kier molecular flexibility index (Phi) is 5.74. The lowest BCUT2D eigenvalue weighted by Crippen LogP contribution is -2.36. The molecule has 0 bridgehead atoms. The highest BCUT2D eigenvalue weighted by atomic mass is 32.2. The van der Waals surface area contributed by atoms with Crippen LogP contribution in [0.4, 0.5) is 4.39 Å². The maximum Gasteiger partial charge on any atom is 0.228 e. The molecule has 0 spiro atoms. The minimum atomic E-state index is -3.57. The maximum absolute atomic E-state index is 14.1. The smallest absolute Gasteiger partial charge is 0.228 e. The molecule has 0 saturated carbocycles. The molecule has 1 aromatic heterocycles. The third-order valence-electron chi connectivity index (χ3n) is 4.55. The van der Waals surface area contributed by atoms with Gasteiger partial charge in [-0.05, 0) is 19.9 Å². The lowest BCUT2D eigenvalue weighted by Gasteiger charge is -2.27. The standard InChI is InChI=1S/C18H24FN3O3S/c1-14(2)26(23,24)18-20-11-16(13-21-7-9-25-10-8-21)22(18)12-15-5-3-4-6-17(15)19/h3-6,11,14H,7-10,12-13H2,1-2H3. The van der Waals surface area contributed by atoms with E-state index in [4.69, 9.17) is 4.74 Å². The first-order valence-electron chi connectivity index (χ1n) is 8.71. The zero-order valence-corrected chi connectivity index (χ0v) is 15.9. The van der Waals surface area contributed by atoms with Gasteiger partial charge in [0.25, 0.3) is 0 Å². The van der Waals surface area contributed by atoms with Crippen molar-refractivity contribution in [1.29, 1.82) is 0 Å². The second kappa shape index (κ2) is 7.85. The van der Waals surface area contributed by atoms with Crippen LogP contribution >= 0.6 is 0 Å². The Hall–Kier alpha value is -1.77. The molecule has 0 amide bonds. The molecule has 6 nitrogen and oxygen atoms in total. The van der Waals surface area contributed by atoms with E-state index in [2.05, 4.69) is 9.88 Å². The van der Waals surface area contributed by atoms with E-state index >= 15 is 0 Å². The zero-order chi connectivity index (χ0) is 18.7. The summed E-state index contributed by atoms with van der Waals surface area (Å²) in [5.74, 6) is -0.355. The van der Waals surface area contributed by atoms with Gasteiger partial charge in [0.15, 0.2) is 0 Å². The third-order valence-corrected chi connectivity index (χ3v) is 6.63. The minimum absolute atomic E-state index is 0.000914. The van der Waals surface area contributed by atoms with Crippen LogP contribution in [-0.2, 0) is 27.7 Å². The predicted octanol–water partition coefficient (Wildman–Crippen LogP) is 2.08. The Morgan fingerprint density at radius 2 is 1.88 bits per heavy atom. The fourth-order valence-corrected chi connectivity index (χ4v) is 4.02. The fraction of sp³-hybridized carbons (Fsp3) is 0.500. The van der Waals surface area contributed by atoms with Gasteiger partial charge in [-0.25, -0.2) is 17.8 Å². The number of morpholine rings is 1. The number of hydrogen-bond donors (Lipinski definition) is 0. The number of aromatic nitrogens is 2. The molecule has 1 aromatic carbocycles. The molecule has 1 fully saturated rings. The van der Waals surface area contributed by atoms with Crippen molar-refractivity contribution in [2.24, 2.45) is 0 Å². The second-order valence-electron chi connectivity index (χ2n) is 6.69. The summed E-state index contributed by atoms with van der Waals surface area (Å²) >= 11 is 0. The molecule has 8 heteroatoms. The highest BCUT2D eigenvalue weighted by molar-refractivity contribution is 7.91. The van der Waals surface area contributed by atoms with Crippen LogP contribution in [0.25, 0.3) is 0 Å². The highest BCUT2D eigenvalue weighted by Gasteiger charge is 2.27. The number of imidazole rings is 1. The highest BCUT2D eigenvalue weighted by Crippen LogP contribution is 2.21. The molecule has 142 valence electrons.